The third-order valence-corrected chi connectivity index (χ3v) is 20.1. The highest BCUT2D eigenvalue weighted by molar-refractivity contribution is 7.47. The number of esters is 2. The summed E-state index contributed by atoms with van der Waals surface area (Å²) in [5.74, 6) is -0.797. The smallest absolute Gasteiger partial charge is 0.462 e. The number of rotatable bonds is 80. The molecule has 0 bridgehead atoms. The molecule has 0 spiro atoms. The van der Waals surface area contributed by atoms with E-state index < -0.39 is 26.5 Å². The van der Waals surface area contributed by atoms with Crippen molar-refractivity contribution < 1.29 is 37.6 Å². The largest absolute Gasteiger partial charge is 0.472 e. The predicted octanol–water partition coefficient (Wildman–Crippen LogP) is 27.6. The van der Waals surface area contributed by atoms with E-state index >= 15 is 0 Å². The van der Waals surface area contributed by atoms with Gasteiger partial charge >= 0.3 is 19.8 Å². The summed E-state index contributed by atoms with van der Waals surface area (Å²) in [6.07, 6.45) is 99.1. The molecule has 546 valence electrons. The first-order valence-corrected chi connectivity index (χ1v) is 42.8. The lowest BCUT2D eigenvalue weighted by molar-refractivity contribution is -0.161. The maximum Gasteiger partial charge on any atom is 0.472 e. The zero-order valence-electron chi connectivity index (χ0n) is 61.8. The minimum absolute atomic E-state index is 0.0577. The highest BCUT2D eigenvalue weighted by Gasteiger charge is 2.26. The van der Waals surface area contributed by atoms with Gasteiger partial charge in [-0.1, -0.05) is 423 Å². The van der Waals surface area contributed by atoms with Gasteiger partial charge in [0.1, 0.15) is 6.61 Å². The Balaban J connectivity index is 3.72. The van der Waals surface area contributed by atoms with Gasteiger partial charge in [-0.2, -0.15) is 0 Å². The average molecular weight is 1320 g/mol. The lowest BCUT2D eigenvalue weighted by Gasteiger charge is -2.19. The van der Waals surface area contributed by atoms with Crippen LogP contribution >= 0.6 is 7.82 Å². The summed E-state index contributed by atoms with van der Waals surface area (Å²) in [7, 11) is -4.39. The molecule has 0 aliphatic carbocycles. The van der Waals surface area contributed by atoms with Crippen LogP contribution in [0.4, 0.5) is 0 Å². The first-order valence-electron chi connectivity index (χ1n) is 41.3. The van der Waals surface area contributed by atoms with Crippen LogP contribution in [0.15, 0.2) is 24.3 Å². The third kappa shape index (κ3) is 77.5. The molecular weight excluding hydrogens is 1160 g/mol. The second-order valence-electron chi connectivity index (χ2n) is 28.4. The van der Waals surface area contributed by atoms with E-state index in [0.717, 1.165) is 38.5 Å². The first-order chi connectivity index (χ1) is 45.3. The Morgan fingerprint density at radius 2 is 0.565 bits per heavy atom. The quantitative estimate of drug-likeness (QED) is 0.0264. The molecule has 3 N–H and O–H groups in total. The Bertz CT molecular complexity index is 1560. The van der Waals surface area contributed by atoms with Crippen molar-refractivity contribution in [1.82, 2.24) is 0 Å². The van der Waals surface area contributed by atoms with Crippen LogP contribution in [-0.2, 0) is 32.7 Å². The molecule has 0 heterocycles. The second-order valence-corrected chi connectivity index (χ2v) is 29.8. The molecule has 2 unspecified atom stereocenters. The van der Waals surface area contributed by atoms with E-state index in [1.165, 1.54) is 385 Å². The van der Waals surface area contributed by atoms with Gasteiger partial charge in [0, 0.05) is 19.4 Å². The van der Waals surface area contributed by atoms with Crippen LogP contribution in [-0.4, -0.2) is 49.3 Å². The van der Waals surface area contributed by atoms with E-state index in [1.807, 2.05) is 0 Å². The van der Waals surface area contributed by atoms with Crippen LogP contribution in [0.25, 0.3) is 0 Å². The monoisotopic (exact) mass is 1320 g/mol. The molecule has 0 amide bonds. The van der Waals surface area contributed by atoms with Gasteiger partial charge in [-0.25, -0.2) is 4.57 Å². The molecule has 0 aromatic rings. The molecule has 10 heteroatoms. The van der Waals surface area contributed by atoms with E-state index in [2.05, 4.69) is 38.2 Å². The van der Waals surface area contributed by atoms with E-state index in [1.54, 1.807) is 0 Å². The lowest BCUT2D eigenvalue weighted by atomic mass is 10.0. The Kier molecular flexibility index (Phi) is 77.2. The number of nitrogens with two attached hydrogens (primary N) is 1. The maximum atomic E-state index is 12.8. The second kappa shape index (κ2) is 78.5. The van der Waals surface area contributed by atoms with E-state index in [-0.39, 0.29) is 38.6 Å². The summed E-state index contributed by atoms with van der Waals surface area (Å²) in [5, 5.41) is 0. The number of phosphoric acid groups is 1. The predicted molar refractivity (Wildman–Crippen MR) is 400 cm³/mol. The van der Waals surface area contributed by atoms with Crippen molar-refractivity contribution in [3.63, 3.8) is 0 Å². The Morgan fingerprint density at radius 1 is 0.326 bits per heavy atom. The van der Waals surface area contributed by atoms with Crippen molar-refractivity contribution in [2.45, 2.75) is 463 Å². The zero-order chi connectivity index (χ0) is 66.5. The minimum Gasteiger partial charge on any atom is -0.462 e. The summed E-state index contributed by atoms with van der Waals surface area (Å²) >= 11 is 0. The molecule has 0 fully saturated rings. The van der Waals surface area contributed by atoms with Gasteiger partial charge in [0.25, 0.3) is 0 Å². The van der Waals surface area contributed by atoms with Crippen LogP contribution < -0.4 is 5.73 Å². The van der Waals surface area contributed by atoms with Crippen LogP contribution in [0.3, 0.4) is 0 Å². The summed E-state index contributed by atoms with van der Waals surface area (Å²) in [5.41, 5.74) is 5.42. The molecule has 9 nitrogen and oxygen atoms in total. The van der Waals surface area contributed by atoms with Crippen molar-refractivity contribution in [2.24, 2.45) is 5.73 Å². The molecule has 0 aromatic carbocycles. The van der Waals surface area contributed by atoms with Crippen molar-refractivity contribution in [3.05, 3.63) is 24.3 Å². The molecule has 0 radical (unpaired) electrons. The molecular formula is C82H160NO8P. The van der Waals surface area contributed by atoms with Crippen LogP contribution in [0.2, 0.25) is 0 Å². The summed E-state index contributed by atoms with van der Waals surface area (Å²) < 4.78 is 33.3. The van der Waals surface area contributed by atoms with Crippen LogP contribution in [0.5, 0.6) is 0 Å². The number of carbonyl (C=O) groups is 2. The molecule has 0 aliphatic rings. The fraction of sp³-hybridized carbons (Fsp3) is 0.927. The topological polar surface area (TPSA) is 134 Å². The number of unbranched alkanes of at least 4 members (excludes halogenated alkanes) is 63. The van der Waals surface area contributed by atoms with Crippen molar-refractivity contribution in [1.29, 1.82) is 0 Å². The Morgan fingerprint density at radius 3 is 0.826 bits per heavy atom. The fourth-order valence-corrected chi connectivity index (χ4v) is 13.7. The lowest BCUT2D eigenvalue weighted by Crippen LogP contribution is -2.29. The van der Waals surface area contributed by atoms with Crippen LogP contribution in [0, 0.1) is 0 Å². The van der Waals surface area contributed by atoms with E-state index in [0.29, 0.717) is 6.42 Å². The molecule has 2 atom stereocenters. The van der Waals surface area contributed by atoms with Crippen LogP contribution in [0.1, 0.15) is 457 Å². The molecule has 0 saturated heterocycles. The van der Waals surface area contributed by atoms with Gasteiger partial charge < -0.3 is 20.1 Å². The SMILES string of the molecule is CCCCCCC/C=C\C/C=C\CCCCCCCCCCCCCCCCCCCCCCCCCCCC(=O)OC(COC(=O)CCCCCCCCCCCCCCCCCCCCCCCCCCCCCCCCCCCC)COP(=O)(O)OCCN. The van der Waals surface area contributed by atoms with Crippen molar-refractivity contribution in [3.8, 4) is 0 Å². The number of carbonyl (C=O) groups excluding carboxylic acids is 2. The van der Waals surface area contributed by atoms with Crippen molar-refractivity contribution in [2.75, 3.05) is 26.4 Å². The number of phosphoric ester groups is 1. The zero-order valence-corrected chi connectivity index (χ0v) is 62.7. The van der Waals surface area contributed by atoms with Gasteiger partial charge in [-0.15, -0.1) is 0 Å². The van der Waals surface area contributed by atoms with Crippen molar-refractivity contribution >= 4 is 19.8 Å². The summed E-state index contributed by atoms with van der Waals surface area (Å²) in [6, 6.07) is 0. The number of hydrogen-bond acceptors (Lipinski definition) is 8. The molecule has 0 aliphatic heterocycles. The molecule has 0 aromatic heterocycles. The summed E-state index contributed by atoms with van der Waals surface area (Å²) in [6.45, 7) is 3.83. The highest BCUT2D eigenvalue weighted by Crippen LogP contribution is 2.43. The molecule has 0 rings (SSSR count). The minimum atomic E-state index is -4.39. The average Bonchev–Trinajstić information content (AvgIpc) is 3.01. The normalized spacial score (nSPS) is 12.9. The molecule has 0 saturated carbocycles. The number of ether oxygens (including phenoxy) is 2. The third-order valence-electron chi connectivity index (χ3n) is 19.1. The fourth-order valence-electron chi connectivity index (χ4n) is 13.0. The first kappa shape index (κ1) is 90.5. The Hall–Kier alpha value is -1.51. The summed E-state index contributed by atoms with van der Waals surface area (Å²) in [4.78, 5) is 35.5. The van der Waals surface area contributed by atoms with Gasteiger partial charge in [-0.05, 0) is 44.9 Å². The Labute approximate surface area is 573 Å². The van der Waals surface area contributed by atoms with E-state index in [9.17, 15) is 19.0 Å². The van der Waals surface area contributed by atoms with Gasteiger partial charge in [0.15, 0.2) is 6.10 Å². The maximum absolute atomic E-state index is 12.8. The number of allylic oxidation sites excluding steroid dienone is 4. The van der Waals surface area contributed by atoms with E-state index in [4.69, 9.17) is 24.3 Å². The standard InChI is InChI=1S/C82H160NO8P/c1-3-5-7-9-11-13-15-17-19-21-23-25-27-29-31-33-35-37-39-40-41-43-45-47-49-51-53-55-57-59-61-63-65-67-69-71-73-75-82(85)91-80(79-90-92(86,87)89-77-76-83)78-88-81(84)74-72-70-68-66-64-62-60-58-56-54-52-50-48-46-44-42-38-36-34-32-30-28-26-24-22-20-18-16-14-12-10-8-6-4-2/h15,17,21,23,80H,3-14,16,18-20,22,24-79,83H2,1-2H3,(H,86,87)/b17-15-,23-21-. The molecule has 92 heavy (non-hydrogen) atoms. The van der Waals surface area contributed by atoms with Gasteiger partial charge in [-0.3, -0.25) is 18.6 Å². The van der Waals surface area contributed by atoms with Gasteiger partial charge in [0.2, 0.25) is 0 Å². The number of hydrogen-bond donors (Lipinski definition) is 2. The highest BCUT2D eigenvalue weighted by atomic mass is 31.2. The van der Waals surface area contributed by atoms with Gasteiger partial charge in [0.05, 0.1) is 13.2 Å².